The molecule has 7 nitrogen and oxygen atoms in total. The summed E-state index contributed by atoms with van der Waals surface area (Å²) in [5.74, 6) is -0.308. The highest BCUT2D eigenvalue weighted by Crippen LogP contribution is 2.60. The minimum Gasteiger partial charge on any atom is -0.496 e. The standard InChI is InChI=1S/C34H31NO6/c1-39-28-12-5-3-10-24(28)31-26(32(33(31)34(37)38)25-11-4-6-13-29(25)40-2)19-41-23-9-7-8-20(16-23)21-14-15-22-18-30(36)35-27(22)17-21/h3-17,26,31-33H,18-19H2,1-2H3,(H,35,36)(H,37,38)/t26?,31-,32?,33?/m0/s1. The van der Waals surface area contributed by atoms with Gasteiger partial charge in [0.1, 0.15) is 17.2 Å². The number of para-hydroxylation sites is 2. The van der Waals surface area contributed by atoms with Gasteiger partial charge in [-0.3, -0.25) is 9.59 Å². The molecule has 1 fully saturated rings. The third-order valence-corrected chi connectivity index (χ3v) is 8.32. The van der Waals surface area contributed by atoms with Gasteiger partial charge in [-0.2, -0.15) is 0 Å². The number of hydrogen-bond donors (Lipinski definition) is 2. The number of amides is 1. The van der Waals surface area contributed by atoms with E-state index >= 15 is 0 Å². The third-order valence-electron chi connectivity index (χ3n) is 8.32. The molecule has 0 saturated heterocycles. The van der Waals surface area contributed by atoms with Gasteiger partial charge in [0.05, 0.1) is 33.2 Å². The number of rotatable bonds is 9. The molecule has 1 aliphatic heterocycles. The molecule has 1 amide bonds. The first-order valence-corrected chi connectivity index (χ1v) is 13.6. The van der Waals surface area contributed by atoms with Crippen molar-refractivity contribution in [1.82, 2.24) is 0 Å². The first-order chi connectivity index (χ1) is 20.0. The van der Waals surface area contributed by atoms with E-state index in [1.807, 2.05) is 91.0 Å². The second kappa shape index (κ2) is 11.0. The van der Waals surface area contributed by atoms with Gasteiger partial charge in [-0.05, 0) is 58.1 Å². The van der Waals surface area contributed by atoms with Crippen LogP contribution in [0.15, 0.2) is 91.0 Å². The van der Waals surface area contributed by atoms with Crippen LogP contribution in [0, 0.1) is 11.8 Å². The molecule has 1 heterocycles. The van der Waals surface area contributed by atoms with E-state index in [1.54, 1.807) is 14.2 Å². The Morgan fingerprint density at radius 2 is 1.46 bits per heavy atom. The number of fused-ring (bicyclic) bond motifs is 1. The highest BCUT2D eigenvalue weighted by atomic mass is 16.5. The molecule has 1 aliphatic carbocycles. The molecule has 6 rings (SSSR count). The Bertz CT molecular complexity index is 1560. The maximum Gasteiger partial charge on any atom is 0.307 e. The van der Waals surface area contributed by atoms with Gasteiger partial charge in [-0.15, -0.1) is 0 Å². The van der Waals surface area contributed by atoms with Gasteiger partial charge < -0.3 is 24.6 Å². The summed E-state index contributed by atoms with van der Waals surface area (Å²) in [6.07, 6.45) is 0.401. The molecule has 208 valence electrons. The van der Waals surface area contributed by atoms with Crippen LogP contribution in [-0.4, -0.2) is 37.8 Å². The van der Waals surface area contributed by atoms with E-state index < -0.39 is 11.9 Å². The van der Waals surface area contributed by atoms with Crippen LogP contribution < -0.4 is 19.5 Å². The van der Waals surface area contributed by atoms with Gasteiger partial charge in [-0.25, -0.2) is 0 Å². The molecule has 7 heteroatoms. The number of carbonyl (C=O) groups excluding carboxylic acids is 1. The zero-order valence-corrected chi connectivity index (χ0v) is 22.9. The fourth-order valence-electron chi connectivity index (χ4n) is 6.43. The number of carbonyl (C=O) groups is 2. The van der Waals surface area contributed by atoms with Crippen LogP contribution in [0.2, 0.25) is 0 Å². The van der Waals surface area contributed by atoms with E-state index in [4.69, 9.17) is 14.2 Å². The average Bonchev–Trinajstić information content (AvgIpc) is 3.36. The molecule has 4 aromatic carbocycles. The van der Waals surface area contributed by atoms with Crippen molar-refractivity contribution in [2.45, 2.75) is 18.3 Å². The maximum atomic E-state index is 12.7. The van der Waals surface area contributed by atoms with Gasteiger partial charge in [0, 0.05) is 23.4 Å². The highest BCUT2D eigenvalue weighted by molar-refractivity contribution is 6.00. The molecule has 4 atom stereocenters. The van der Waals surface area contributed by atoms with E-state index in [0.29, 0.717) is 30.3 Å². The van der Waals surface area contributed by atoms with Crippen molar-refractivity contribution in [3.05, 3.63) is 108 Å². The van der Waals surface area contributed by atoms with E-state index in [-0.39, 0.29) is 23.7 Å². The molecule has 4 aromatic rings. The van der Waals surface area contributed by atoms with Crippen molar-refractivity contribution < 1.29 is 28.9 Å². The first kappa shape index (κ1) is 26.4. The smallest absolute Gasteiger partial charge is 0.307 e. The maximum absolute atomic E-state index is 12.7. The summed E-state index contributed by atoms with van der Waals surface area (Å²) in [4.78, 5) is 24.5. The molecule has 2 N–H and O–H groups in total. The van der Waals surface area contributed by atoms with Crippen molar-refractivity contribution in [3.8, 4) is 28.4 Å². The summed E-state index contributed by atoms with van der Waals surface area (Å²) in [5.41, 5.74) is 5.49. The summed E-state index contributed by atoms with van der Waals surface area (Å²) < 4.78 is 17.7. The summed E-state index contributed by atoms with van der Waals surface area (Å²) in [6.45, 7) is 0.304. The SMILES string of the molecule is COc1ccccc1C1C(COc2cccc(-c3ccc4c(c3)NC(=O)C4)c2)[C@H](c2ccccc2OC)C1C(=O)O. The highest BCUT2D eigenvalue weighted by Gasteiger charge is 2.57. The second-order valence-electron chi connectivity index (χ2n) is 10.5. The molecule has 41 heavy (non-hydrogen) atoms. The van der Waals surface area contributed by atoms with Gasteiger partial charge in [0.25, 0.3) is 0 Å². The molecule has 1 saturated carbocycles. The van der Waals surface area contributed by atoms with Crippen molar-refractivity contribution >= 4 is 17.6 Å². The van der Waals surface area contributed by atoms with Crippen LogP contribution in [0.4, 0.5) is 5.69 Å². The van der Waals surface area contributed by atoms with Crippen LogP contribution in [0.25, 0.3) is 11.1 Å². The lowest BCUT2D eigenvalue weighted by atomic mass is 9.52. The number of carboxylic acid groups (broad SMARTS) is 1. The zero-order chi connectivity index (χ0) is 28.5. The molecular weight excluding hydrogens is 518 g/mol. The lowest BCUT2D eigenvalue weighted by Gasteiger charge is -2.50. The fraction of sp³-hybridized carbons (Fsp3) is 0.235. The van der Waals surface area contributed by atoms with E-state index in [0.717, 1.165) is 33.5 Å². The Kier molecular flexibility index (Phi) is 7.10. The topological polar surface area (TPSA) is 94.1 Å². The monoisotopic (exact) mass is 549 g/mol. The van der Waals surface area contributed by atoms with Crippen molar-refractivity contribution in [3.63, 3.8) is 0 Å². The van der Waals surface area contributed by atoms with Gasteiger partial charge in [-0.1, -0.05) is 60.7 Å². The lowest BCUT2D eigenvalue weighted by molar-refractivity contribution is -0.151. The largest absolute Gasteiger partial charge is 0.496 e. The molecule has 0 radical (unpaired) electrons. The Labute approximate surface area is 238 Å². The number of aliphatic carboxylic acids is 1. The van der Waals surface area contributed by atoms with Gasteiger partial charge >= 0.3 is 5.97 Å². The fourth-order valence-corrected chi connectivity index (χ4v) is 6.43. The molecular formula is C34H31NO6. The quantitative estimate of drug-likeness (QED) is 0.260. The number of benzene rings is 4. The second-order valence-corrected chi connectivity index (χ2v) is 10.5. The van der Waals surface area contributed by atoms with E-state index in [9.17, 15) is 14.7 Å². The summed E-state index contributed by atoms with van der Waals surface area (Å²) in [6, 6.07) is 29.0. The van der Waals surface area contributed by atoms with Crippen molar-refractivity contribution in [2.75, 3.05) is 26.1 Å². The summed E-state index contributed by atoms with van der Waals surface area (Å²) >= 11 is 0. The summed E-state index contributed by atoms with van der Waals surface area (Å²) in [5, 5.41) is 13.3. The Morgan fingerprint density at radius 3 is 2.10 bits per heavy atom. The molecule has 2 aliphatic rings. The number of ether oxygens (including phenoxy) is 3. The first-order valence-electron chi connectivity index (χ1n) is 13.6. The van der Waals surface area contributed by atoms with Crippen LogP contribution in [0.3, 0.4) is 0 Å². The van der Waals surface area contributed by atoms with Crippen LogP contribution in [0.1, 0.15) is 28.5 Å². The van der Waals surface area contributed by atoms with Crippen molar-refractivity contribution in [2.24, 2.45) is 11.8 Å². The zero-order valence-electron chi connectivity index (χ0n) is 22.9. The van der Waals surface area contributed by atoms with Crippen LogP contribution in [-0.2, 0) is 16.0 Å². The van der Waals surface area contributed by atoms with Gasteiger partial charge in [0.2, 0.25) is 5.91 Å². The minimum atomic E-state index is -0.862. The lowest BCUT2D eigenvalue weighted by Crippen LogP contribution is -2.50. The molecule has 0 bridgehead atoms. The number of carboxylic acids is 1. The van der Waals surface area contributed by atoms with Crippen molar-refractivity contribution in [1.29, 1.82) is 0 Å². The number of methoxy groups -OCH3 is 2. The summed E-state index contributed by atoms with van der Waals surface area (Å²) in [7, 11) is 3.21. The molecule has 0 spiro atoms. The number of nitrogens with one attached hydrogen (secondary N) is 1. The van der Waals surface area contributed by atoms with E-state index in [1.165, 1.54) is 0 Å². The molecule has 0 aromatic heterocycles. The van der Waals surface area contributed by atoms with Crippen LogP contribution >= 0.6 is 0 Å². The molecule has 3 unspecified atom stereocenters. The average molecular weight is 550 g/mol. The Morgan fingerprint density at radius 1 is 0.829 bits per heavy atom. The Balaban J connectivity index is 1.32. The predicted octanol–water partition coefficient (Wildman–Crippen LogP) is 6.14. The van der Waals surface area contributed by atoms with E-state index in [2.05, 4.69) is 5.32 Å². The van der Waals surface area contributed by atoms with Gasteiger partial charge in [0.15, 0.2) is 0 Å². The number of hydrogen-bond acceptors (Lipinski definition) is 5. The predicted molar refractivity (Wildman–Crippen MR) is 156 cm³/mol. The third kappa shape index (κ3) is 4.88. The minimum absolute atomic E-state index is 0.00333. The Hall–Kier alpha value is -4.78. The normalized spacial score (nSPS) is 20.9. The van der Waals surface area contributed by atoms with Crippen LogP contribution in [0.5, 0.6) is 17.2 Å². The number of anilines is 1.